The highest BCUT2D eigenvalue weighted by Gasteiger charge is 2.45. The predicted octanol–water partition coefficient (Wildman–Crippen LogP) is -0.0186. The van der Waals surface area contributed by atoms with Crippen LogP contribution in [0, 0.1) is 0 Å². The fraction of sp³-hybridized carbons (Fsp3) is 1.00. The maximum Gasteiger partial charge on any atom is 0.111 e. The van der Waals surface area contributed by atoms with Gasteiger partial charge in [-0.15, -0.1) is 0 Å². The first-order valence-corrected chi connectivity index (χ1v) is 5.96. The van der Waals surface area contributed by atoms with Gasteiger partial charge in [0.1, 0.15) is 6.10 Å². The van der Waals surface area contributed by atoms with Gasteiger partial charge in [-0.2, -0.15) is 0 Å². The Morgan fingerprint density at radius 1 is 1.27 bits per heavy atom. The molecule has 2 N–H and O–H groups in total. The summed E-state index contributed by atoms with van der Waals surface area (Å²) < 4.78 is 5.39. The molecule has 2 rings (SSSR count). The quantitative estimate of drug-likeness (QED) is 0.695. The molecule has 4 nitrogen and oxygen atoms in total. The van der Waals surface area contributed by atoms with Crippen LogP contribution in [0.15, 0.2) is 0 Å². The fourth-order valence-corrected chi connectivity index (χ4v) is 2.81. The van der Waals surface area contributed by atoms with Crippen molar-refractivity contribution >= 4 is 0 Å². The first kappa shape index (κ1) is 11.3. The smallest absolute Gasteiger partial charge is 0.111 e. The predicted molar refractivity (Wildman–Crippen MR) is 56.6 cm³/mol. The third kappa shape index (κ3) is 2.18. The molecule has 2 fully saturated rings. The Hall–Kier alpha value is -0.160. The molecule has 1 aliphatic carbocycles. The summed E-state index contributed by atoms with van der Waals surface area (Å²) in [6.45, 7) is 4.54. The summed E-state index contributed by atoms with van der Waals surface area (Å²) in [6.07, 6.45) is 1.63. The minimum atomic E-state index is -0.530. The van der Waals surface area contributed by atoms with Crippen LogP contribution in [0.1, 0.15) is 26.2 Å². The molecular formula is C11H21NO3. The molecule has 0 radical (unpaired) electrons. The molecule has 2 aliphatic rings. The average molecular weight is 215 g/mol. The SMILES string of the molecule is CCO[C@@H]1[C@@H](O)[C@H](N2CCCC2)C[C@H]1O. The molecular weight excluding hydrogens is 194 g/mol. The Morgan fingerprint density at radius 2 is 1.93 bits per heavy atom. The monoisotopic (exact) mass is 215 g/mol. The van der Waals surface area contributed by atoms with Crippen LogP contribution in [0.4, 0.5) is 0 Å². The van der Waals surface area contributed by atoms with Gasteiger partial charge in [-0.05, 0) is 39.3 Å². The lowest BCUT2D eigenvalue weighted by Gasteiger charge is -2.27. The van der Waals surface area contributed by atoms with Crippen LogP contribution in [-0.4, -0.2) is 59.2 Å². The van der Waals surface area contributed by atoms with E-state index in [0.29, 0.717) is 13.0 Å². The number of aliphatic hydroxyl groups excluding tert-OH is 2. The number of ether oxygens (including phenoxy) is 1. The zero-order chi connectivity index (χ0) is 10.8. The summed E-state index contributed by atoms with van der Waals surface area (Å²) >= 11 is 0. The third-order valence-corrected chi connectivity index (χ3v) is 3.56. The molecule has 1 heterocycles. The Balaban J connectivity index is 1.97. The van der Waals surface area contributed by atoms with Gasteiger partial charge >= 0.3 is 0 Å². The van der Waals surface area contributed by atoms with E-state index >= 15 is 0 Å². The lowest BCUT2D eigenvalue weighted by atomic mass is 10.2. The Kier molecular flexibility index (Phi) is 3.61. The third-order valence-electron chi connectivity index (χ3n) is 3.56. The van der Waals surface area contributed by atoms with E-state index in [4.69, 9.17) is 4.74 Å². The van der Waals surface area contributed by atoms with Gasteiger partial charge in [0.05, 0.1) is 12.2 Å². The molecule has 0 aromatic carbocycles. The summed E-state index contributed by atoms with van der Waals surface area (Å²) in [6, 6.07) is 0.0963. The van der Waals surface area contributed by atoms with Crippen molar-refractivity contribution in [1.29, 1.82) is 0 Å². The van der Waals surface area contributed by atoms with Crippen molar-refractivity contribution in [3.8, 4) is 0 Å². The molecule has 0 amide bonds. The van der Waals surface area contributed by atoms with Crippen molar-refractivity contribution in [2.24, 2.45) is 0 Å². The second-order valence-electron chi connectivity index (χ2n) is 4.52. The van der Waals surface area contributed by atoms with Crippen LogP contribution in [0.3, 0.4) is 0 Å². The Labute approximate surface area is 90.8 Å². The van der Waals surface area contributed by atoms with Crippen molar-refractivity contribution < 1.29 is 14.9 Å². The first-order chi connectivity index (χ1) is 7.24. The van der Waals surface area contributed by atoms with Crippen LogP contribution in [0.5, 0.6) is 0 Å². The molecule has 0 spiro atoms. The lowest BCUT2D eigenvalue weighted by Crippen LogP contribution is -2.42. The topological polar surface area (TPSA) is 52.9 Å². The number of likely N-dealkylation sites (tertiary alicyclic amines) is 1. The Bertz CT molecular complexity index is 206. The van der Waals surface area contributed by atoms with E-state index in [1.54, 1.807) is 0 Å². The van der Waals surface area contributed by atoms with Gasteiger partial charge in [0, 0.05) is 12.6 Å². The van der Waals surface area contributed by atoms with E-state index in [1.807, 2.05) is 6.92 Å². The van der Waals surface area contributed by atoms with Gasteiger partial charge in [0.25, 0.3) is 0 Å². The standard InChI is InChI=1S/C11H21NO3/c1-2-15-11-9(13)7-8(10(11)14)12-5-3-4-6-12/h8-11,13-14H,2-7H2,1H3/t8-,9-,10+,11+/m1/s1. The average Bonchev–Trinajstić information content (AvgIpc) is 2.81. The van der Waals surface area contributed by atoms with Crippen molar-refractivity contribution in [2.75, 3.05) is 19.7 Å². The van der Waals surface area contributed by atoms with Gasteiger partial charge in [-0.3, -0.25) is 4.90 Å². The molecule has 0 aromatic heterocycles. The highest BCUT2D eigenvalue weighted by molar-refractivity contribution is 4.98. The van der Waals surface area contributed by atoms with Crippen molar-refractivity contribution in [3.05, 3.63) is 0 Å². The first-order valence-electron chi connectivity index (χ1n) is 5.96. The highest BCUT2D eigenvalue weighted by atomic mass is 16.5. The van der Waals surface area contributed by atoms with Crippen molar-refractivity contribution in [2.45, 2.75) is 50.5 Å². The van der Waals surface area contributed by atoms with E-state index in [2.05, 4.69) is 4.90 Å². The molecule has 1 saturated carbocycles. The minimum absolute atomic E-state index is 0.0963. The molecule has 4 atom stereocenters. The van der Waals surface area contributed by atoms with Gasteiger partial charge in [0.2, 0.25) is 0 Å². The number of aliphatic hydroxyl groups is 2. The van der Waals surface area contributed by atoms with E-state index < -0.39 is 12.2 Å². The normalized spacial score (nSPS) is 42.6. The van der Waals surface area contributed by atoms with Crippen LogP contribution in [0.25, 0.3) is 0 Å². The molecule has 0 bridgehead atoms. The fourth-order valence-electron chi connectivity index (χ4n) is 2.81. The van der Waals surface area contributed by atoms with Crippen LogP contribution in [0.2, 0.25) is 0 Å². The van der Waals surface area contributed by atoms with Gasteiger partial charge in [-0.25, -0.2) is 0 Å². The number of hydrogen-bond acceptors (Lipinski definition) is 4. The zero-order valence-electron chi connectivity index (χ0n) is 9.30. The Morgan fingerprint density at radius 3 is 2.53 bits per heavy atom. The zero-order valence-corrected chi connectivity index (χ0v) is 9.30. The molecule has 4 heteroatoms. The number of rotatable bonds is 3. The van der Waals surface area contributed by atoms with Gasteiger partial charge in [-0.1, -0.05) is 0 Å². The lowest BCUT2D eigenvalue weighted by molar-refractivity contribution is -0.0720. The summed E-state index contributed by atoms with van der Waals surface area (Å²) in [4.78, 5) is 2.28. The molecule has 0 aromatic rings. The maximum absolute atomic E-state index is 10.1. The maximum atomic E-state index is 10.1. The van der Waals surface area contributed by atoms with Gasteiger partial charge < -0.3 is 14.9 Å². The molecule has 1 saturated heterocycles. The molecule has 88 valence electrons. The van der Waals surface area contributed by atoms with E-state index in [1.165, 1.54) is 12.8 Å². The van der Waals surface area contributed by atoms with Gasteiger partial charge in [0.15, 0.2) is 0 Å². The highest BCUT2D eigenvalue weighted by Crippen LogP contribution is 2.29. The minimum Gasteiger partial charge on any atom is -0.390 e. The largest absolute Gasteiger partial charge is 0.390 e. The second kappa shape index (κ2) is 4.78. The second-order valence-corrected chi connectivity index (χ2v) is 4.52. The molecule has 1 aliphatic heterocycles. The summed E-state index contributed by atoms with van der Waals surface area (Å²) in [5.74, 6) is 0. The summed E-state index contributed by atoms with van der Waals surface area (Å²) in [5, 5.41) is 19.9. The number of nitrogens with zero attached hydrogens (tertiary/aromatic N) is 1. The van der Waals surface area contributed by atoms with E-state index in [0.717, 1.165) is 13.1 Å². The van der Waals surface area contributed by atoms with Crippen molar-refractivity contribution in [3.63, 3.8) is 0 Å². The van der Waals surface area contributed by atoms with Crippen molar-refractivity contribution in [1.82, 2.24) is 4.90 Å². The summed E-state index contributed by atoms with van der Waals surface area (Å²) in [7, 11) is 0. The summed E-state index contributed by atoms with van der Waals surface area (Å²) in [5.41, 5.74) is 0. The van der Waals surface area contributed by atoms with E-state index in [9.17, 15) is 10.2 Å². The molecule has 0 unspecified atom stereocenters. The number of hydrogen-bond donors (Lipinski definition) is 2. The van der Waals surface area contributed by atoms with Crippen LogP contribution < -0.4 is 0 Å². The van der Waals surface area contributed by atoms with E-state index in [-0.39, 0.29) is 12.1 Å². The van der Waals surface area contributed by atoms with Crippen LogP contribution in [-0.2, 0) is 4.74 Å². The molecule has 15 heavy (non-hydrogen) atoms. The van der Waals surface area contributed by atoms with Crippen LogP contribution >= 0.6 is 0 Å².